The Hall–Kier alpha value is -2.78. The van der Waals surface area contributed by atoms with Gasteiger partial charge in [-0.2, -0.15) is 13.2 Å². The smallest absolute Gasteiger partial charge is 0.418 e. The minimum absolute atomic E-state index is 0.263. The molecule has 0 spiro atoms. The van der Waals surface area contributed by atoms with Crippen molar-refractivity contribution < 1.29 is 27.5 Å². The molecule has 1 aromatic carbocycles. The van der Waals surface area contributed by atoms with Crippen molar-refractivity contribution in [2.75, 3.05) is 11.9 Å². The van der Waals surface area contributed by atoms with E-state index >= 15 is 0 Å². The molecule has 1 aliphatic rings. The largest absolute Gasteiger partial charge is 0.452 e. The van der Waals surface area contributed by atoms with Crippen LogP contribution in [0.3, 0.4) is 0 Å². The Kier molecular flexibility index (Phi) is 6.30. The maximum absolute atomic E-state index is 13.2. The fourth-order valence-corrected chi connectivity index (χ4v) is 5.24. The number of nitrogens with zero attached hydrogens (tertiary/aromatic N) is 1. The number of nitrogens with one attached hydrogen (secondary N) is 1. The zero-order valence-electron chi connectivity index (χ0n) is 16.7. The third-order valence-corrected chi connectivity index (χ3v) is 6.73. The van der Waals surface area contributed by atoms with E-state index in [1.807, 2.05) is 29.1 Å². The van der Waals surface area contributed by atoms with Gasteiger partial charge in [-0.15, -0.1) is 11.3 Å². The van der Waals surface area contributed by atoms with E-state index in [0.717, 1.165) is 48.3 Å². The van der Waals surface area contributed by atoms with Gasteiger partial charge in [-0.05, 0) is 55.5 Å². The van der Waals surface area contributed by atoms with Crippen molar-refractivity contribution in [3.05, 3.63) is 69.3 Å². The van der Waals surface area contributed by atoms with E-state index in [9.17, 15) is 22.8 Å². The van der Waals surface area contributed by atoms with Crippen molar-refractivity contribution in [1.29, 1.82) is 0 Å². The molecule has 0 aliphatic heterocycles. The molecule has 0 atom stereocenters. The minimum atomic E-state index is -4.70. The number of amides is 1. The van der Waals surface area contributed by atoms with Crippen LogP contribution in [0.25, 0.3) is 5.00 Å². The van der Waals surface area contributed by atoms with E-state index in [1.165, 1.54) is 17.4 Å². The molecule has 32 heavy (non-hydrogen) atoms. The van der Waals surface area contributed by atoms with Crippen LogP contribution in [-0.2, 0) is 28.5 Å². The maximum atomic E-state index is 13.2. The Balaban J connectivity index is 1.52. The molecule has 0 bridgehead atoms. The highest BCUT2D eigenvalue weighted by atomic mass is 35.5. The summed E-state index contributed by atoms with van der Waals surface area (Å²) < 4.78 is 46.7. The van der Waals surface area contributed by atoms with Crippen LogP contribution in [0.5, 0.6) is 0 Å². The van der Waals surface area contributed by atoms with Gasteiger partial charge in [0.2, 0.25) is 0 Å². The summed E-state index contributed by atoms with van der Waals surface area (Å²) in [6.45, 7) is -0.739. The molecule has 168 valence electrons. The summed E-state index contributed by atoms with van der Waals surface area (Å²) in [7, 11) is 0. The summed E-state index contributed by atoms with van der Waals surface area (Å²) in [5.41, 5.74) is -0.321. The van der Waals surface area contributed by atoms with Crippen LogP contribution in [0.15, 0.2) is 42.7 Å². The van der Waals surface area contributed by atoms with Gasteiger partial charge in [0.25, 0.3) is 5.91 Å². The molecule has 0 saturated heterocycles. The number of aryl methyl sites for hydroxylation is 1. The summed E-state index contributed by atoms with van der Waals surface area (Å²) in [6, 6.07) is 6.86. The predicted molar refractivity (Wildman–Crippen MR) is 116 cm³/mol. The Morgan fingerprint density at radius 1 is 1.12 bits per heavy atom. The van der Waals surface area contributed by atoms with Gasteiger partial charge in [0.05, 0.1) is 21.8 Å². The van der Waals surface area contributed by atoms with E-state index in [0.29, 0.717) is 10.6 Å². The summed E-state index contributed by atoms with van der Waals surface area (Å²) in [5, 5.41) is 2.56. The highest BCUT2D eigenvalue weighted by Gasteiger charge is 2.35. The number of ether oxygens (including phenoxy) is 1. The minimum Gasteiger partial charge on any atom is -0.452 e. The second-order valence-electron chi connectivity index (χ2n) is 7.27. The highest BCUT2D eigenvalue weighted by Crippen LogP contribution is 2.39. The van der Waals surface area contributed by atoms with E-state index in [2.05, 4.69) is 5.32 Å². The number of thiophene rings is 1. The van der Waals surface area contributed by atoms with Gasteiger partial charge in [-0.25, -0.2) is 4.79 Å². The number of carbonyl (C=O) groups excluding carboxylic acids is 2. The zero-order valence-corrected chi connectivity index (χ0v) is 18.2. The number of aromatic nitrogens is 1. The van der Waals surface area contributed by atoms with Gasteiger partial charge in [0, 0.05) is 17.3 Å². The maximum Gasteiger partial charge on any atom is 0.418 e. The van der Waals surface area contributed by atoms with Gasteiger partial charge < -0.3 is 14.6 Å². The summed E-state index contributed by atoms with van der Waals surface area (Å²) in [5.74, 6) is -1.60. The number of para-hydroxylation sites is 1. The molecule has 0 saturated carbocycles. The number of halogens is 4. The molecule has 2 heterocycles. The number of fused-ring (bicyclic) bond motifs is 1. The van der Waals surface area contributed by atoms with Crippen LogP contribution in [0.2, 0.25) is 5.02 Å². The van der Waals surface area contributed by atoms with Gasteiger partial charge in [0.1, 0.15) is 5.00 Å². The summed E-state index contributed by atoms with van der Waals surface area (Å²) >= 11 is 7.37. The monoisotopic (exact) mass is 482 g/mol. The third kappa shape index (κ3) is 4.54. The van der Waals surface area contributed by atoms with Crippen molar-refractivity contribution in [1.82, 2.24) is 4.57 Å². The lowest BCUT2D eigenvalue weighted by Gasteiger charge is -2.15. The second-order valence-corrected chi connectivity index (χ2v) is 8.76. The van der Waals surface area contributed by atoms with Crippen LogP contribution in [0.1, 0.15) is 39.2 Å². The molecular formula is C22H18ClF3N2O3S. The van der Waals surface area contributed by atoms with Crippen LogP contribution < -0.4 is 5.32 Å². The number of esters is 1. The van der Waals surface area contributed by atoms with Gasteiger partial charge in [0.15, 0.2) is 6.61 Å². The number of hydrogen-bond acceptors (Lipinski definition) is 4. The normalized spacial score (nSPS) is 13.5. The topological polar surface area (TPSA) is 60.3 Å². The number of rotatable bonds is 5. The molecule has 10 heteroatoms. The van der Waals surface area contributed by atoms with E-state index in [4.69, 9.17) is 16.3 Å². The molecular weight excluding hydrogens is 465 g/mol. The Labute approximate surface area is 190 Å². The molecule has 1 amide bonds. The second kappa shape index (κ2) is 8.99. The van der Waals surface area contributed by atoms with Crippen molar-refractivity contribution in [3.8, 4) is 5.00 Å². The molecule has 2 aromatic heterocycles. The summed E-state index contributed by atoms with van der Waals surface area (Å²) in [6.07, 6.45) is 2.52. The average Bonchev–Trinajstić information content (AvgIpc) is 3.40. The number of hydrogen-bond donors (Lipinski definition) is 1. The molecule has 1 aliphatic carbocycles. The lowest BCUT2D eigenvalue weighted by Crippen LogP contribution is -2.23. The first kappa shape index (κ1) is 22.4. The van der Waals surface area contributed by atoms with Crippen molar-refractivity contribution in [2.24, 2.45) is 0 Å². The van der Waals surface area contributed by atoms with Gasteiger partial charge >= 0.3 is 12.1 Å². The van der Waals surface area contributed by atoms with E-state index in [-0.39, 0.29) is 5.02 Å². The first-order valence-electron chi connectivity index (χ1n) is 9.86. The molecule has 0 fully saturated rings. The van der Waals surface area contributed by atoms with Crippen LogP contribution >= 0.6 is 22.9 Å². The standard InChI is InChI=1S/C22H18ClF3N2O3S/c23-15-8-5-7-14(22(24,25)26)19(15)27-17(29)12-31-21(30)18-13-6-1-2-9-16(13)32-20(18)28-10-3-4-11-28/h3-5,7-8,10-11H,1-2,6,9,12H2,(H,27,29). The number of benzene rings is 1. The lowest BCUT2D eigenvalue weighted by atomic mass is 9.95. The quantitative estimate of drug-likeness (QED) is 0.461. The number of anilines is 1. The van der Waals surface area contributed by atoms with Gasteiger partial charge in [-0.3, -0.25) is 4.79 Å². The first-order valence-corrected chi connectivity index (χ1v) is 11.1. The fourth-order valence-electron chi connectivity index (χ4n) is 3.68. The van der Waals surface area contributed by atoms with E-state index in [1.54, 1.807) is 0 Å². The molecule has 3 aromatic rings. The summed E-state index contributed by atoms with van der Waals surface area (Å²) in [4.78, 5) is 26.3. The third-order valence-electron chi connectivity index (χ3n) is 5.11. The molecule has 4 rings (SSSR count). The predicted octanol–water partition coefficient (Wildman–Crippen LogP) is 5.89. The zero-order chi connectivity index (χ0) is 22.9. The SMILES string of the molecule is O=C(COC(=O)c1c(-n2cccc2)sc2c1CCCC2)Nc1c(Cl)cccc1C(F)(F)F. The van der Waals surface area contributed by atoms with E-state index < -0.39 is 35.9 Å². The highest BCUT2D eigenvalue weighted by molar-refractivity contribution is 7.15. The van der Waals surface area contributed by atoms with Crippen molar-refractivity contribution in [3.63, 3.8) is 0 Å². The van der Waals surface area contributed by atoms with Crippen LogP contribution in [-0.4, -0.2) is 23.1 Å². The Morgan fingerprint density at radius 3 is 2.56 bits per heavy atom. The molecule has 0 radical (unpaired) electrons. The van der Waals surface area contributed by atoms with Crippen LogP contribution in [0.4, 0.5) is 18.9 Å². The van der Waals surface area contributed by atoms with Gasteiger partial charge in [-0.1, -0.05) is 17.7 Å². The lowest BCUT2D eigenvalue weighted by molar-refractivity contribution is -0.137. The van der Waals surface area contributed by atoms with Crippen LogP contribution in [0, 0.1) is 0 Å². The van der Waals surface area contributed by atoms with Crippen molar-refractivity contribution in [2.45, 2.75) is 31.9 Å². The molecule has 0 unspecified atom stereocenters. The number of alkyl halides is 3. The number of carbonyl (C=O) groups is 2. The Bertz CT molecular complexity index is 1160. The Morgan fingerprint density at radius 2 is 1.84 bits per heavy atom. The average molecular weight is 483 g/mol. The van der Waals surface area contributed by atoms with Crippen molar-refractivity contribution >= 4 is 40.5 Å². The first-order chi connectivity index (χ1) is 15.3. The fraction of sp³-hybridized carbons (Fsp3) is 0.273. The molecule has 1 N–H and O–H groups in total. The molecule has 5 nitrogen and oxygen atoms in total.